The van der Waals surface area contributed by atoms with E-state index in [1.165, 1.54) is 35.4 Å². The van der Waals surface area contributed by atoms with Crippen molar-refractivity contribution in [1.29, 1.82) is 0 Å². The smallest absolute Gasteiger partial charge is 0.153 e. The molecule has 3 aromatic rings. The van der Waals surface area contributed by atoms with Crippen LogP contribution in [0.15, 0.2) is 30.3 Å². The number of H-pyrrole nitrogens is 1. The molecule has 1 atom stereocenters. The van der Waals surface area contributed by atoms with Crippen LogP contribution in [0.5, 0.6) is 0 Å². The molecule has 1 aromatic carbocycles. The fourth-order valence-corrected chi connectivity index (χ4v) is 6.15. The summed E-state index contributed by atoms with van der Waals surface area (Å²) in [4.78, 5) is 10.2. The Balaban J connectivity index is 1.21. The third-order valence-electron chi connectivity index (χ3n) is 8.05. The number of hydrogen-bond acceptors (Lipinski definition) is 5. The van der Waals surface area contributed by atoms with Crippen LogP contribution in [0.1, 0.15) is 65.8 Å². The van der Waals surface area contributed by atoms with Gasteiger partial charge in [-0.3, -0.25) is 19.6 Å². The lowest BCUT2D eigenvalue weighted by Crippen LogP contribution is -2.59. The molecule has 3 aliphatic rings. The summed E-state index contributed by atoms with van der Waals surface area (Å²) < 4.78 is 2.13. The summed E-state index contributed by atoms with van der Waals surface area (Å²) >= 11 is 0. The van der Waals surface area contributed by atoms with Crippen molar-refractivity contribution in [3.05, 3.63) is 64.5 Å². The molecule has 174 valence electrons. The summed E-state index contributed by atoms with van der Waals surface area (Å²) in [7, 11) is 0. The van der Waals surface area contributed by atoms with Gasteiger partial charge >= 0.3 is 0 Å². The first kappa shape index (κ1) is 21.1. The van der Waals surface area contributed by atoms with Crippen molar-refractivity contribution in [2.24, 2.45) is 5.41 Å². The maximum Gasteiger partial charge on any atom is 0.153 e. The minimum atomic E-state index is 0.248. The minimum Gasteiger partial charge on any atom is -0.298 e. The molecule has 1 N–H and O–H groups in total. The van der Waals surface area contributed by atoms with Crippen molar-refractivity contribution in [3.8, 4) is 0 Å². The van der Waals surface area contributed by atoms with Gasteiger partial charge in [-0.25, -0.2) is 4.98 Å². The lowest BCUT2D eigenvalue weighted by atomic mass is 9.71. The van der Waals surface area contributed by atoms with E-state index in [1.54, 1.807) is 0 Å². The highest BCUT2D eigenvalue weighted by atomic mass is 15.3. The molecule has 7 heteroatoms. The highest BCUT2D eigenvalue weighted by Gasteiger charge is 2.55. The fraction of sp³-hybridized carbons (Fsp3) is 0.577. The lowest BCUT2D eigenvalue weighted by molar-refractivity contribution is -0.0113. The topological polar surface area (TPSA) is 65.9 Å². The van der Waals surface area contributed by atoms with Gasteiger partial charge in [-0.1, -0.05) is 30.3 Å². The third kappa shape index (κ3) is 3.81. The van der Waals surface area contributed by atoms with Gasteiger partial charge in [-0.15, -0.1) is 0 Å². The maximum atomic E-state index is 5.00. The lowest BCUT2D eigenvalue weighted by Gasteiger charge is -2.51. The van der Waals surface area contributed by atoms with Crippen LogP contribution in [0.2, 0.25) is 0 Å². The van der Waals surface area contributed by atoms with E-state index in [2.05, 4.69) is 75.8 Å². The SMILES string of the molecule is CCn1nc(C)c(CN2CC3(CN(Cc4ccccc4)CC3c3nc(C4CC4)n[nH]3)C2)c1C. The summed E-state index contributed by atoms with van der Waals surface area (Å²) in [6, 6.07) is 10.9. The molecule has 2 aliphatic heterocycles. The number of aromatic amines is 1. The molecule has 0 radical (unpaired) electrons. The van der Waals surface area contributed by atoms with Gasteiger partial charge in [0.2, 0.25) is 0 Å². The van der Waals surface area contributed by atoms with Crippen molar-refractivity contribution < 1.29 is 0 Å². The van der Waals surface area contributed by atoms with Crippen LogP contribution in [0.25, 0.3) is 0 Å². The van der Waals surface area contributed by atoms with E-state index >= 15 is 0 Å². The summed E-state index contributed by atoms with van der Waals surface area (Å²) in [6.45, 7) is 13.8. The highest BCUT2D eigenvalue weighted by molar-refractivity contribution is 5.26. The molecular weight excluding hydrogens is 410 g/mol. The van der Waals surface area contributed by atoms with E-state index in [1.807, 2.05) is 0 Å². The largest absolute Gasteiger partial charge is 0.298 e. The van der Waals surface area contributed by atoms with Crippen LogP contribution in [0.4, 0.5) is 0 Å². The highest BCUT2D eigenvalue weighted by Crippen LogP contribution is 2.49. The number of nitrogens with zero attached hydrogens (tertiary/aromatic N) is 6. The predicted molar refractivity (Wildman–Crippen MR) is 128 cm³/mol. The Labute approximate surface area is 196 Å². The molecular formula is C26H35N7. The minimum absolute atomic E-state index is 0.248. The Morgan fingerprint density at radius 3 is 2.48 bits per heavy atom. The van der Waals surface area contributed by atoms with Crippen LogP contribution in [0.3, 0.4) is 0 Å². The van der Waals surface area contributed by atoms with Crippen LogP contribution in [-0.4, -0.2) is 60.9 Å². The van der Waals surface area contributed by atoms with Gasteiger partial charge in [0.05, 0.1) is 5.69 Å². The Morgan fingerprint density at radius 1 is 1.03 bits per heavy atom. The molecule has 3 fully saturated rings. The second-order valence-corrected chi connectivity index (χ2v) is 10.5. The number of nitrogens with one attached hydrogen (secondary N) is 1. The van der Waals surface area contributed by atoms with Gasteiger partial charge < -0.3 is 0 Å². The maximum absolute atomic E-state index is 5.00. The first-order valence-corrected chi connectivity index (χ1v) is 12.5. The quantitative estimate of drug-likeness (QED) is 0.602. The van der Waals surface area contributed by atoms with Crippen molar-refractivity contribution in [2.75, 3.05) is 26.2 Å². The Hall–Kier alpha value is -2.51. The van der Waals surface area contributed by atoms with Crippen LogP contribution < -0.4 is 0 Å². The zero-order valence-electron chi connectivity index (χ0n) is 20.1. The molecule has 1 spiro atoms. The Morgan fingerprint density at radius 2 is 1.79 bits per heavy atom. The molecule has 2 saturated heterocycles. The zero-order valence-corrected chi connectivity index (χ0v) is 20.1. The zero-order chi connectivity index (χ0) is 22.6. The van der Waals surface area contributed by atoms with Gasteiger partial charge in [0.15, 0.2) is 5.82 Å². The molecule has 33 heavy (non-hydrogen) atoms. The molecule has 1 saturated carbocycles. The number of benzene rings is 1. The molecule has 1 aliphatic carbocycles. The van der Waals surface area contributed by atoms with Crippen molar-refractivity contribution in [3.63, 3.8) is 0 Å². The van der Waals surface area contributed by atoms with E-state index in [-0.39, 0.29) is 5.41 Å². The van der Waals surface area contributed by atoms with Gasteiger partial charge in [-0.2, -0.15) is 10.2 Å². The second kappa shape index (κ2) is 8.06. The third-order valence-corrected chi connectivity index (χ3v) is 8.05. The van der Waals surface area contributed by atoms with E-state index in [0.717, 1.165) is 57.5 Å². The summed E-state index contributed by atoms with van der Waals surface area (Å²) in [5.74, 6) is 3.15. The van der Waals surface area contributed by atoms with Crippen LogP contribution in [-0.2, 0) is 19.6 Å². The molecule has 0 bridgehead atoms. The number of rotatable bonds is 7. The van der Waals surface area contributed by atoms with Gasteiger partial charge in [-0.05, 0) is 39.2 Å². The number of aromatic nitrogens is 5. The number of aryl methyl sites for hydroxylation is 2. The molecule has 1 unspecified atom stereocenters. The van der Waals surface area contributed by atoms with E-state index in [0.29, 0.717) is 11.8 Å². The van der Waals surface area contributed by atoms with Crippen molar-refractivity contribution in [1.82, 2.24) is 34.8 Å². The molecule has 2 aromatic heterocycles. The van der Waals surface area contributed by atoms with Gasteiger partial charge in [0.25, 0.3) is 0 Å². The monoisotopic (exact) mass is 445 g/mol. The summed E-state index contributed by atoms with van der Waals surface area (Å²) in [6.07, 6.45) is 2.48. The number of hydrogen-bond donors (Lipinski definition) is 1. The average Bonchev–Trinajstić information content (AvgIpc) is 3.31. The standard InChI is InChI=1S/C26H35N7/c1-4-33-19(3)22(18(2)30-33)13-32-16-26(17-32)15-31(12-20-8-6-5-7-9-20)14-23(26)25-27-24(28-29-25)21-10-11-21/h5-9,21,23H,4,10-17H2,1-3H3,(H,27,28,29). The average molecular weight is 446 g/mol. The summed E-state index contributed by atoms with van der Waals surface area (Å²) in [5.41, 5.74) is 5.52. The van der Waals surface area contributed by atoms with E-state index in [4.69, 9.17) is 10.1 Å². The first-order valence-electron chi connectivity index (χ1n) is 12.5. The summed E-state index contributed by atoms with van der Waals surface area (Å²) in [5, 5.41) is 12.7. The molecule has 4 heterocycles. The van der Waals surface area contributed by atoms with Crippen LogP contribution >= 0.6 is 0 Å². The fourth-order valence-electron chi connectivity index (χ4n) is 6.15. The normalized spacial score (nSPS) is 22.8. The second-order valence-electron chi connectivity index (χ2n) is 10.5. The van der Waals surface area contributed by atoms with Crippen molar-refractivity contribution >= 4 is 0 Å². The molecule has 6 rings (SSSR count). The Kier molecular flexibility index (Phi) is 5.14. The van der Waals surface area contributed by atoms with E-state index in [9.17, 15) is 0 Å². The van der Waals surface area contributed by atoms with E-state index < -0.39 is 0 Å². The predicted octanol–water partition coefficient (Wildman–Crippen LogP) is 3.62. The molecule has 7 nitrogen and oxygen atoms in total. The first-order chi connectivity index (χ1) is 16.0. The van der Waals surface area contributed by atoms with Gasteiger partial charge in [0, 0.05) is 74.3 Å². The Bertz CT molecular complexity index is 1120. The number of likely N-dealkylation sites (tertiary alicyclic amines) is 2. The van der Waals surface area contributed by atoms with Crippen LogP contribution in [0, 0.1) is 19.3 Å². The van der Waals surface area contributed by atoms with Gasteiger partial charge in [0.1, 0.15) is 5.82 Å². The molecule has 0 amide bonds. The van der Waals surface area contributed by atoms with Crippen molar-refractivity contribution in [2.45, 2.75) is 65.1 Å².